The first-order valence-electron chi connectivity index (χ1n) is 2.87. The van der Waals surface area contributed by atoms with Crippen molar-refractivity contribution < 1.29 is 9.90 Å². The highest BCUT2D eigenvalue weighted by atomic mass is 35.5. The number of carboxylic acid groups (broad SMARTS) is 1. The van der Waals surface area contributed by atoms with Crippen molar-refractivity contribution in [1.82, 2.24) is 0 Å². The van der Waals surface area contributed by atoms with Gasteiger partial charge in [-0.15, -0.1) is 12.4 Å². The Kier molecular flexibility index (Phi) is 10.3. The highest BCUT2D eigenvalue weighted by molar-refractivity contribution is 5.85. The molecule has 0 aromatic heterocycles. The summed E-state index contributed by atoms with van der Waals surface area (Å²) in [6, 6.07) is 0. The van der Waals surface area contributed by atoms with Crippen molar-refractivity contribution >= 4 is 18.4 Å². The van der Waals surface area contributed by atoms with E-state index in [0.29, 0.717) is 6.54 Å². The van der Waals surface area contributed by atoms with E-state index in [4.69, 9.17) is 10.8 Å². The molecule has 0 unspecified atom stereocenters. The molecule has 60 valence electrons. The Morgan fingerprint density at radius 3 is 2.60 bits per heavy atom. The van der Waals surface area contributed by atoms with Crippen LogP contribution in [0.2, 0.25) is 0 Å². The van der Waals surface area contributed by atoms with Crippen molar-refractivity contribution in [2.24, 2.45) is 5.73 Å². The fourth-order valence-electron chi connectivity index (χ4n) is 0.420. The van der Waals surface area contributed by atoms with Gasteiger partial charge >= 0.3 is 5.97 Å². The number of halogens is 1. The molecule has 0 aliphatic carbocycles. The Labute approximate surface area is 66.3 Å². The fourth-order valence-corrected chi connectivity index (χ4v) is 0.420. The van der Waals surface area contributed by atoms with E-state index in [-0.39, 0.29) is 12.4 Å². The first-order valence-corrected chi connectivity index (χ1v) is 2.87. The summed E-state index contributed by atoms with van der Waals surface area (Å²) in [5.41, 5.74) is 5.16. The van der Waals surface area contributed by atoms with Crippen LogP contribution in [0.25, 0.3) is 0 Å². The van der Waals surface area contributed by atoms with Crippen LogP contribution in [0.3, 0.4) is 0 Å². The van der Waals surface area contributed by atoms with E-state index in [1.165, 1.54) is 0 Å². The lowest BCUT2D eigenvalue weighted by molar-refractivity contribution is -0.131. The molecule has 0 amide bonds. The molecule has 0 aliphatic rings. The van der Waals surface area contributed by atoms with Crippen molar-refractivity contribution in [2.75, 3.05) is 6.54 Å². The Hall–Kier alpha value is -0.540. The predicted molar refractivity (Wildman–Crippen MR) is 42.3 cm³/mol. The van der Waals surface area contributed by atoms with Gasteiger partial charge < -0.3 is 10.8 Å². The van der Waals surface area contributed by atoms with Crippen LogP contribution >= 0.6 is 12.4 Å². The van der Waals surface area contributed by atoms with Crippen molar-refractivity contribution in [3.63, 3.8) is 0 Å². The maximum Gasteiger partial charge on any atom is 0.327 e. The summed E-state index contributed by atoms with van der Waals surface area (Å²) in [5.74, 6) is -0.896. The van der Waals surface area contributed by atoms with Gasteiger partial charge in [0.1, 0.15) is 0 Å². The predicted octanol–water partition coefficient (Wildman–Crippen LogP) is 0.788. The zero-order valence-corrected chi connectivity index (χ0v) is 6.43. The molecule has 0 saturated carbocycles. The standard InChI is InChI=1S/C6H11NO2.ClH/c7-5-3-1-2-4-6(8)9;/h2,4H,1,3,5,7H2,(H,8,9);1H. The maximum absolute atomic E-state index is 9.84. The number of hydrogen-bond acceptors (Lipinski definition) is 2. The number of carbonyl (C=O) groups is 1. The lowest BCUT2D eigenvalue weighted by atomic mass is 10.3. The summed E-state index contributed by atoms with van der Waals surface area (Å²) in [6.07, 6.45) is 4.34. The highest BCUT2D eigenvalue weighted by Gasteiger charge is 1.83. The molecule has 0 aromatic carbocycles. The second-order valence-electron chi connectivity index (χ2n) is 1.67. The van der Waals surface area contributed by atoms with E-state index in [1.54, 1.807) is 6.08 Å². The third-order valence-corrected chi connectivity index (χ3v) is 0.835. The number of nitrogens with two attached hydrogens (primary N) is 1. The van der Waals surface area contributed by atoms with Crippen LogP contribution in [-0.2, 0) is 4.79 Å². The molecule has 0 atom stereocenters. The third kappa shape index (κ3) is 10.4. The molecule has 0 bridgehead atoms. The van der Waals surface area contributed by atoms with Gasteiger partial charge in [-0.05, 0) is 19.4 Å². The van der Waals surface area contributed by atoms with E-state index in [1.807, 2.05) is 0 Å². The van der Waals surface area contributed by atoms with Crippen LogP contribution in [0, 0.1) is 0 Å². The SMILES string of the molecule is Cl.NCCCC=CC(=O)O. The molecular formula is C6H12ClNO2. The molecule has 10 heavy (non-hydrogen) atoms. The third-order valence-electron chi connectivity index (χ3n) is 0.835. The summed E-state index contributed by atoms with van der Waals surface area (Å²) in [6.45, 7) is 0.615. The smallest absolute Gasteiger partial charge is 0.327 e. The summed E-state index contributed by atoms with van der Waals surface area (Å²) in [5, 5.41) is 8.09. The van der Waals surface area contributed by atoms with Crippen LogP contribution in [0.15, 0.2) is 12.2 Å². The fraction of sp³-hybridized carbons (Fsp3) is 0.500. The number of allylic oxidation sites excluding steroid dienone is 1. The molecule has 3 nitrogen and oxygen atoms in total. The summed E-state index contributed by atoms with van der Waals surface area (Å²) < 4.78 is 0. The number of aliphatic carboxylic acids is 1. The Bertz CT molecular complexity index is 114. The van der Waals surface area contributed by atoms with Gasteiger partial charge in [0.2, 0.25) is 0 Å². The molecule has 0 aliphatic heterocycles. The number of carboxylic acids is 1. The topological polar surface area (TPSA) is 63.3 Å². The average Bonchev–Trinajstić information content (AvgIpc) is 1.80. The summed E-state index contributed by atoms with van der Waals surface area (Å²) in [4.78, 5) is 9.84. The van der Waals surface area contributed by atoms with Gasteiger partial charge in [-0.2, -0.15) is 0 Å². The Balaban J connectivity index is 0. The van der Waals surface area contributed by atoms with Crippen molar-refractivity contribution in [3.8, 4) is 0 Å². The van der Waals surface area contributed by atoms with Gasteiger partial charge in [-0.3, -0.25) is 0 Å². The van der Waals surface area contributed by atoms with Crippen molar-refractivity contribution in [3.05, 3.63) is 12.2 Å². The van der Waals surface area contributed by atoms with E-state index >= 15 is 0 Å². The average molecular weight is 166 g/mol. The largest absolute Gasteiger partial charge is 0.478 e. The molecule has 3 N–H and O–H groups in total. The van der Waals surface area contributed by atoms with E-state index in [2.05, 4.69) is 0 Å². The molecule has 4 heteroatoms. The lowest BCUT2D eigenvalue weighted by Gasteiger charge is -1.85. The minimum Gasteiger partial charge on any atom is -0.478 e. The second-order valence-corrected chi connectivity index (χ2v) is 1.67. The summed E-state index contributed by atoms with van der Waals surface area (Å²) in [7, 11) is 0. The zero-order chi connectivity index (χ0) is 7.11. The highest BCUT2D eigenvalue weighted by Crippen LogP contribution is 1.86. The van der Waals surface area contributed by atoms with Crippen LogP contribution in [0.5, 0.6) is 0 Å². The number of rotatable bonds is 4. The van der Waals surface area contributed by atoms with Crippen molar-refractivity contribution in [1.29, 1.82) is 0 Å². The van der Waals surface area contributed by atoms with Crippen molar-refractivity contribution in [2.45, 2.75) is 12.8 Å². The molecule has 0 rings (SSSR count). The normalized spacial score (nSPS) is 9.30. The van der Waals surface area contributed by atoms with Crippen LogP contribution in [0.1, 0.15) is 12.8 Å². The molecule has 0 aromatic rings. The van der Waals surface area contributed by atoms with Gasteiger partial charge in [0, 0.05) is 6.08 Å². The first kappa shape index (κ1) is 12.2. The molecule has 0 spiro atoms. The van der Waals surface area contributed by atoms with E-state index < -0.39 is 5.97 Å². The van der Waals surface area contributed by atoms with Gasteiger partial charge in [-0.25, -0.2) is 4.79 Å². The van der Waals surface area contributed by atoms with E-state index in [0.717, 1.165) is 18.9 Å². The summed E-state index contributed by atoms with van der Waals surface area (Å²) >= 11 is 0. The maximum atomic E-state index is 9.84. The molecule has 0 heterocycles. The van der Waals surface area contributed by atoms with Gasteiger partial charge in [-0.1, -0.05) is 6.08 Å². The van der Waals surface area contributed by atoms with E-state index in [9.17, 15) is 4.79 Å². The molecular weight excluding hydrogens is 154 g/mol. The monoisotopic (exact) mass is 165 g/mol. The molecule has 0 radical (unpaired) electrons. The van der Waals surface area contributed by atoms with Crippen LogP contribution < -0.4 is 5.73 Å². The van der Waals surface area contributed by atoms with Gasteiger partial charge in [0.25, 0.3) is 0 Å². The molecule has 0 saturated heterocycles. The van der Waals surface area contributed by atoms with Crippen LogP contribution in [0.4, 0.5) is 0 Å². The number of hydrogen-bond donors (Lipinski definition) is 2. The zero-order valence-electron chi connectivity index (χ0n) is 5.62. The second kappa shape index (κ2) is 8.46. The lowest BCUT2D eigenvalue weighted by Crippen LogP contribution is -1.96. The quantitative estimate of drug-likeness (QED) is 0.478. The minimum atomic E-state index is -0.896. The first-order chi connectivity index (χ1) is 4.27. The Morgan fingerprint density at radius 1 is 1.60 bits per heavy atom. The van der Waals surface area contributed by atoms with Crippen LogP contribution in [-0.4, -0.2) is 17.6 Å². The van der Waals surface area contributed by atoms with Gasteiger partial charge in [0.15, 0.2) is 0 Å². The minimum absolute atomic E-state index is 0. The van der Waals surface area contributed by atoms with Gasteiger partial charge in [0.05, 0.1) is 0 Å². The number of unbranched alkanes of at least 4 members (excludes halogenated alkanes) is 1. The molecule has 0 fully saturated rings. The Morgan fingerprint density at radius 2 is 2.20 bits per heavy atom.